The minimum absolute atomic E-state index is 0.166. The molecule has 2 aliphatic rings. The summed E-state index contributed by atoms with van der Waals surface area (Å²) >= 11 is 12.0. The molecule has 2 amide bonds. The number of nitrogens with zero attached hydrogens (tertiary/aromatic N) is 1. The summed E-state index contributed by atoms with van der Waals surface area (Å²) in [6, 6.07) is 5.39. The molecule has 4 nitrogen and oxygen atoms in total. The first-order chi connectivity index (χ1) is 10.1. The van der Waals surface area contributed by atoms with Crippen molar-refractivity contribution in [3.8, 4) is 0 Å². The number of hydrogen-bond donors (Lipinski definition) is 0. The number of ether oxygens (including phenoxy) is 1. The molecule has 1 unspecified atom stereocenters. The molecule has 0 radical (unpaired) electrons. The Hall–Kier alpha value is -1.26. The Bertz CT molecular complexity index is 668. The van der Waals surface area contributed by atoms with E-state index in [9.17, 15) is 9.59 Å². The van der Waals surface area contributed by atoms with E-state index in [-0.39, 0.29) is 17.2 Å². The number of amides is 2. The monoisotopic (exact) mass is 341 g/mol. The number of hydrogen-bond acceptors (Lipinski definition) is 3. The first-order valence-corrected chi connectivity index (χ1v) is 7.89. The number of halogens is 2. The largest absolute Gasteiger partial charge is 0.443 e. The molecule has 2 fully saturated rings. The molecule has 22 heavy (non-hydrogen) atoms. The lowest BCUT2D eigenvalue weighted by molar-refractivity contribution is -0.129. The molecule has 0 aromatic heterocycles. The third kappa shape index (κ3) is 2.48. The zero-order valence-electron chi connectivity index (χ0n) is 12.7. The van der Waals surface area contributed by atoms with Gasteiger partial charge in [-0.05, 0) is 44.9 Å². The van der Waals surface area contributed by atoms with Gasteiger partial charge in [-0.15, -0.1) is 0 Å². The van der Waals surface area contributed by atoms with Gasteiger partial charge < -0.3 is 4.74 Å². The van der Waals surface area contributed by atoms with Gasteiger partial charge in [0.25, 0.3) is 0 Å². The number of benzene rings is 1. The van der Waals surface area contributed by atoms with E-state index in [0.29, 0.717) is 16.6 Å². The fourth-order valence-electron chi connectivity index (χ4n) is 3.04. The van der Waals surface area contributed by atoms with Crippen molar-refractivity contribution in [2.24, 2.45) is 5.92 Å². The van der Waals surface area contributed by atoms with Gasteiger partial charge in [0, 0.05) is 12.0 Å². The van der Waals surface area contributed by atoms with Crippen LogP contribution in [-0.2, 0) is 14.9 Å². The molecule has 0 bridgehead atoms. The molecule has 1 heterocycles. The van der Waals surface area contributed by atoms with E-state index in [0.717, 1.165) is 12.0 Å². The fraction of sp³-hybridized carbons (Fsp3) is 0.500. The molecule has 1 aliphatic carbocycles. The van der Waals surface area contributed by atoms with E-state index in [4.69, 9.17) is 27.9 Å². The van der Waals surface area contributed by atoms with E-state index in [2.05, 4.69) is 0 Å². The lowest BCUT2D eigenvalue weighted by Gasteiger charge is -2.25. The van der Waals surface area contributed by atoms with Crippen LogP contribution >= 0.6 is 23.2 Å². The van der Waals surface area contributed by atoms with E-state index < -0.39 is 11.7 Å². The summed E-state index contributed by atoms with van der Waals surface area (Å²) < 4.78 is 5.30. The van der Waals surface area contributed by atoms with Crippen molar-refractivity contribution in [2.75, 3.05) is 6.54 Å². The standard InChI is InChI=1S/C16H17Cl2NO3/c1-15(2,3)22-14(21)19-8-16(7-10(16)13(19)20)9-4-5-11(17)12(18)6-9/h4-6,10H,7-8H2,1-3H3/t10?,16-/m1/s1. The summed E-state index contributed by atoms with van der Waals surface area (Å²) in [5, 5.41) is 0.940. The maximum absolute atomic E-state index is 12.4. The first-order valence-electron chi connectivity index (χ1n) is 7.14. The highest BCUT2D eigenvalue weighted by Gasteiger charge is 2.67. The molecule has 0 N–H and O–H groups in total. The second-order valence-electron chi connectivity index (χ2n) is 6.95. The zero-order chi connectivity index (χ0) is 16.3. The molecule has 6 heteroatoms. The molecular formula is C16H17Cl2NO3. The topological polar surface area (TPSA) is 46.6 Å². The van der Waals surface area contributed by atoms with Gasteiger partial charge in [-0.2, -0.15) is 0 Å². The Kier molecular flexibility index (Phi) is 3.46. The van der Waals surface area contributed by atoms with Crippen LogP contribution in [0, 0.1) is 5.92 Å². The smallest absolute Gasteiger partial charge is 0.417 e. The van der Waals surface area contributed by atoms with E-state index in [1.165, 1.54) is 4.90 Å². The van der Waals surface area contributed by atoms with Crippen LogP contribution in [-0.4, -0.2) is 29.0 Å². The lowest BCUT2D eigenvalue weighted by Crippen LogP contribution is -2.40. The number of rotatable bonds is 1. The van der Waals surface area contributed by atoms with Crippen LogP contribution in [0.4, 0.5) is 4.79 Å². The number of likely N-dealkylation sites (tertiary alicyclic amines) is 1. The molecule has 1 saturated heterocycles. The van der Waals surface area contributed by atoms with Crippen molar-refractivity contribution in [2.45, 2.75) is 38.2 Å². The van der Waals surface area contributed by atoms with Gasteiger partial charge in [-0.1, -0.05) is 29.3 Å². The Morgan fingerprint density at radius 2 is 2.00 bits per heavy atom. The normalized spacial score (nSPS) is 26.9. The number of carbonyl (C=O) groups excluding carboxylic acids is 2. The minimum Gasteiger partial charge on any atom is -0.443 e. The lowest BCUT2D eigenvalue weighted by atomic mass is 9.95. The number of carbonyl (C=O) groups is 2. The van der Waals surface area contributed by atoms with Gasteiger partial charge >= 0.3 is 6.09 Å². The van der Waals surface area contributed by atoms with Crippen LogP contribution in [0.2, 0.25) is 10.0 Å². The van der Waals surface area contributed by atoms with Gasteiger partial charge in [0.05, 0.1) is 16.0 Å². The number of imide groups is 1. The highest BCUT2D eigenvalue weighted by Crippen LogP contribution is 2.60. The van der Waals surface area contributed by atoms with E-state index in [1.807, 2.05) is 6.07 Å². The molecule has 1 aromatic carbocycles. The molecular weight excluding hydrogens is 325 g/mol. The van der Waals surface area contributed by atoms with E-state index >= 15 is 0 Å². The number of piperidine rings is 1. The van der Waals surface area contributed by atoms with Gasteiger partial charge in [-0.3, -0.25) is 4.79 Å². The quantitative estimate of drug-likeness (QED) is 0.774. The molecule has 118 valence electrons. The Morgan fingerprint density at radius 1 is 1.32 bits per heavy atom. The van der Waals surface area contributed by atoms with Crippen molar-refractivity contribution in [1.82, 2.24) is 4.90 Å². The minimum atomic E-state index is -0.624. The zero-order valence-corrected chi connectivity index (χ0v) is 14.2. The molecule has 3 rings (SSSR count). The van der Waals surface area contributed by atoms with Crippen LogP contribution in [0.25, 0.3) is 0 Å². The second-order valence-corrected chi connectivity index (χ2v) is 7.76. The predicted octanol–water partition coefficient (Wildman–Crippen LogP) is 4.03. The summed E-state index contributed by atoms with van der Waals surface area (Å²) in [7, 11) is 0. The van der Waals surface area contributed by atoms with Crippen LogP contribution in [0.3, 0.4) is 0 Å². The van der Waals surface area contributed by atoms with Crippen LogP contribution in [0.5, 0.6) is 0 Å². The van der Waals surface area contributed by atoms with Crippen LogP contribution < -0.4 is 0 Å². The SMILES string of the molecule is CC(C)(C)OC(=O)N1C[C@@]2(c3ccc(Cl)c(Cl)c3)CC2C1=O. The third-order valence-corrected chi connectivity index (χ3v) is 4.93. The Labute approximate surface area is 139 Å². The average molecular weight is 342 g/mol. The van der Waals surface area contributed by atoms with Gasteiger partial charge in [-0.25, -0.2) is 9.69 Å². The second kappa shape index (κ2) is 4.87. The van der Waals surface area contributed by atoms with Gasteiger partial charge in [0.1, 0.15) is 5.60 Å². The van der Waals surface area contributed by atoms with Crippen molar-refractivity contribution < 1.29 is 14.3 Å². The van der Waals surface area contributed by atoms with Crippen molar-refractivity contribution in [3.63, 3.8) is 0 Å². The van der Waals surface area contributed by atoms with Crippen molar-refractivity contribution >= 4 is 35.2 Å². The molecule has 1 aromatic rings. The predicted molar refractivity (Wildman–Crippen MR) is 84.2 cm³/mol. The number of fused-ring (bicyclic) bond motifs is 1. The summed E-state index contributed by atoms with van der Waals surface area (Å²) in [4.78, 5) is 25.7. The highest BCUT2D eigenvalue weighted by molar-refractivity contribution is 6.42. The van der Waals surface area contributed by atoms with Crippen molar-refractivity contribution in [1.29, 1.82) is 0 Å². The molecule has 1 saturated carbocycles. The Morgan fingerprint density at radius 3 is 2.59 bits per heavy atom. The van der Waals surface area contributed by atoms with Crippen molar-refractivity contribution in [3.05, 3.63) is 33.8 Å². The average Bonchev–Trinajstić information content (AvgIpc) is 3.05. The first kappa shape index (κ1) is 15.6. The molecule has 1 aliphatic heterocycles. The summed E-state index contributed by atoms with van der Waals surface area (Å²) in [5.74, 6) is -0.336. The van der Waals surface area contributed by atoms with Gasteiger partial charge in [0.15, 0.2) is 0 Å². The van der Waals surface area contributed by atoms with E-state index in [1.54, 1.807) is 32.9 Å². The summed E-state index contributed by atoms with van der Waals surface area (Å²) in [6.45, 7) is 5.67. The van der Waals surface area contributed by atoms with Gasteiger partial charge in [0.2, 0.25) is 5.91 Å². The molecule has 0 spiro atoms. The van der Waals surface area contributed by atoms with Crippen LogP contribution in [0.15, 0.2) is 18.2 Å². The third-order valence-electron chi connectivity index (χ3n) is 4.19. The van der Waals surface area contributed by atoms with Crippen LogP contribution in [0.1, 0.15) is 32.8 Å². The summed E-state index contributed by atoms with van der Waals surface area (Å²) in [5.41, 5.74) is -0.00497. The Balaban J connectivity index is 1.83. The summed E-state index contributed by atoms with van der Waals surface area (Å²) in [6.07, 6.45) is 0.160. The fourth-order valence-corrected chi connectivity index (χ4v) is 3.34. The maximum Gasteiger partial charge on any atom is 0.417 e. The maximum atomic E-state index is 12.4. The highest BCUT2D eigenvalue weighted by atomic mass is 35.5. The molecule has 2 atom stereocenters.